The molecule has 1 atom stereocenters. The average Bonchev–Trinajstić information content (AvgIpc) is 2.47. The maximum atomic E-state index is 14.2. The molecule has 0 amide bonds. The van der Waals surface area contributed by atoms with Crippen molar-refractivity contribution in [1.82, 2.24) is 4.98 Å². The van der Waals surface area contributed by atoms with E-state index in [1.807, 2.05) is 63.2 Å². The number of nitrogens with zero attached hydrogens (tertiary/aromatic N) is 2. The molecule has 1 aromatic carbocycles. The fraction of sp³-hybridized carbons (Fsp3) is 0.353. The maximum Gasteiger partial charge on any atom is 0.148 e. The minimum absolute atomic E-state index is 0.0757. The van der Waals surface area contributed by atoms with E-state index < -0.39 is 0 Å². The number of nitrogens with one attached hydrogen (secondary N) is 1. The monoisotopic (exact) mass is 287 g/mol. The summed E-state index contributed by atoms with van der Waals surface area (Å²) in [5.74, 6) is -0.213. The molecule has 1 heterocycles. The number of rotatable bonds is 5. The molecule has 0 aliphatic carbocycles. The van der Waals surface area contributed by atoms with Gasteiger partial charge in [0.2, 0.25) is 0 Å². The molecule has 112 valence electrons. The Morgan fingerprint density at radius 3 is 2.52 bits per heavy atom. The largest absolute Gasteiger partial charge is 0.378 e. The van der Waals surface area contributed by atoms with Gasteiger partial charge in [-0.25, -0.2) is 4.39 Å². The van der Waals surface area contributed by atoms with Crippen LogP contribution in [-0.4, -0.2) is 18.1 Å². The lowest BCUT2D eigenvalue weighted by Crippen LogP contribution is -2.26. The van der Waals surface area contributed by atoms with Crippen LogP contribution in [-0.2, 0) is 0 Å². The fourth-order valence-electron chi connectivity index (χ4n) is 2.13. The zero-order chi connectivity index (χ0) is 15.4. The summed E-state index contributed by atoms with van der Waals surface area (Å²) in [6.07, 6.45) is 3.56. The molecule has 0 bridgehead atoms. The average molecular weight is 287 g/mol. The Morgan fingerprint density at radius 2 is 1.95 bits per heavy atom. The van der Waals surface area contributed by atoms with E-state index in [0.29, 0.717) is 5.69 Å². The second-order valence-corrected chi connectivity index (χ2v) is 5.52. The summed E-state index contributed by atoms with van der Waals surface area (Å²) in [4.78, 5) is 6.02. The van der Waals surface area contributed by atoms with Crippen molar-refractivity contribution in [3.63, 3.8) is 0 Å². The van der Waals surface area contributed by atoms with E-state index in [4.69, 9.17) is 0 Å². The third kappa shape index (κ3) is 3.72. The standard InChI is InChI=1S/C17H22FN3/c1-12(2)21(4)17-8-7-15(10-16(17)18)20-13(3)14-6-5-9-19-11-14/h5-13,20H,1-4H3. The summed E-state index contributed by atoms with van der Waals surface area (Å²) < 4.78 is 14.2. The topological polar surface area (TPSA) is 28.2 Å². The highest BCUT2D eigenvalue weighted by Crippen LogP contribution is 2.25. The molecule has 1 unspecified atom stereocenters. The van der Waals surface area contributed by atoms with Gasteiger partial charge in [0.05, 0.1) is 11.7 Å². The van der Waals surface area contributed by atoms with Gasteiger partial charge in [-0.2, -0.15) is 0 Å². The molecule has 0 saturated carbocycles. The Bertz CT molecular complexity index is 584. The normalized spacial score (nSPS) is 12.3. The molecule has 2 rings (SSSR count). The Kier molecular flexibility index (Phi) is 4.78. The van der Waals surface area contributed by atoms with Crippen molar-refractivity contribution in [1.29, 1.82) is 0 Å². The molecule has 4 heteroatoms. The molecule has 1 aromatic heterocycles. The highest BCUT2D eigenvalue weighted by molar-refractivity contribution is 5.57. The molecule has 0 aliphatic rings. The van der Waals surface area contributed by atoms with Crippen LogP contribution in [0.25, 0.3) is 0 Å². The fourth-order valence-corrected chi connectivity index (χ4v) is 2.13. The van der Waals surface area contributed by atoms with Crippen molar-refractivity contribution in [2.45, 2.75) is 32.9 Å². The van der Waals surface area contributed by atoms with Gasteiger partial charge in [-0.15, -0.1) is 0 Å². The van der Waals surface area contributed by atoms with E-state index in [0.717, 1.165) is 11.3 Å². The van der Waals surface area contributed by atoms with E-state index in [-0.39, 0.29) is 17.9 Å². The van der Waals surface area contributed by atoms with Gasteiger partial charge < -0.3 is 10.2 Å². The van der Waals surface area contributed by atoms with E-state index in [1.54, 1.807) is 12.3 Å². The van der Waals surface area contributed by atoms with E-state index in [9.17, 15) is 4.39 Å². The molecule has 21 heavy (non-hydrogen) atoms. The Morgan fingerprint density at radius 1 is 1.19 bits per heavy atom. The second kappa shape index (κ2) is 6.57. The maximum absolute atomic E-state index is 14.2. The Balaban J connectivity index is 2.14. The van der Waals surface area contributed by atoms with E-state index in [2.05, 4.69) is 10.3 Å². The summed E-state index contributed by atoms with van der Waals surface area (Å²) in [5, 5.41) is 3.30. The van der Waals surface area contributed by atoms with Gasteiger partial charge in [0.25, 0.3) is 0 Å². The highest BCUT2D eigenvalue weighted by atomic mass is 19.1. The number of hydrogen-bond donors (Lipinski definition) is 1. The van der Waals surface area contributed by atoms with Crippen molar-refractivity contribution in [3.8, 4) is 0 Å². The summed E-state index contributed by atoms with van der Waals surface area (Å²) in [7, 11) is 1.90. The van der Waals surface area contributed by atoms with Crippen LogP contribution in [0.15, 0.2) is 42.7 Å². The molecule has 2 aromatic rings. The Labute approximate surface area is 125 Å². The quantitative estimate of drug-likeness (QED) is 0.891. The van der Waals surface area contributed by atoms with Crippen LogP contribution in [0.5, 0.6) is 0 Å². The number of hydrogen-bond acceptors (Lipinski definition) is 3. The van der Waals surface area contributed by atoms with Gasteiger partial charge >= 0.3 is 0 Å². The number of aromatic nitrogens is 1. The first-order valence-electron chi connectivity index (χ1n) is 7.18. The zero-order valence-corrected chi connectivity index (χ0v) is 13.0. The van der Waals surface area contributed by atoms with Crippen molar-refractivity contribution in [2.24, 2.45) is 0 Å². The third-order valence-corrected chi connectivity index (χ3v) is 3.67. The minimum Gasteiger partial charge on any atom is -0.378 e. The first-order chi connectivity index (χ1) is 9.99. The predicted molar refractivity (Wildman–Crippen MR) is 86.2 cm³/mol. The number of pyridine rings is 1. The molecule has 0 aliphatic heterocycles. The van der Waals surface area contributed by atoms with Crippen molar-refractivity contribution in [3.05, 3.63) is 54.1 Å². The molecule has 0 radical (unpaired) electrons. The molecule has 0 saturated heterocycles. The van der Waals surface area contributed by atoms with Crippen molar-refractivity contribution >= 4 is 11.4 Å². The van der Waals surface area contributed by atoms with Gasteiger partial charge in [0.15, 0.2) is 0 Å². The molecule has 1 N–H and O–H groups in total. The first-order valence-corrected chi connectivity index (χ1v) is 7.18. The van der Waals surface area contributed by atoms with Gasteiger partial charge in [-0.05, 0) is 50.6 Å². The molecular formula is C17H22FN3. The van der Waals surface area contributed by atoms with Crippen LogP contribution in [0.3, 0.4) is 0 Å². The lowest BCUT2D eigenvalue weighted by molar-refractivity contribution is 0.614. The highest BCUT2D eigenvalue weighted by Gasteiger charge is 2.12. The summed E-state index contributed by atoms with van der Waals surface area (Å²) in [6.45, 7) is 6.11. The molecule has 0 spiro atoms. The van der Waals surface area contributed by atoms with Crippen molar-refractivity contribution < 1.29 is 4.39 Å². The molecular weight excluding hydrogens is 265 g/mol. The number of benzene rings is 1. The van der Waals surface area contributed by atoms with E-state index >= 15 is 0 Å². The minimum atomic E-state index is -0.213. The van der Waals surface area contributed by atoms with Gasteiger partial charge in [0, 0.05) is 31.2 Å². The summed E-state index contributed by atoms with van der Waals surface area (Å²) in [6, 6.07) is 9.50. The van der Waals surface area contributed by atoms with E-state index in [1.165, 1.54) is 0 Å². The molecule has 0 fully saturated rings. The van der Waals surface area contributed by atoms with Gasteiger partial charge in [0.1, 0.15) is 5.82 Å². The SMILES string of the molecule is CC(Nc1ccc(N(C)C(C)C)c(F)c1)c1cccnc1. The lowest BCUT2D eigenvalue weighted by Gasteiger charge is -2.25. The summed E-state index contributed by atoms with van der Waals surface area (Å²) >= 11 is 0. The third-order valence-electron chi connectivity index (χ3n) is 3.67. The van der Waals surface area contributed by atoms with Crippen LogP contribution < -0.4 is 10.2 Å². The zero-order valence-electron chi connectivity index (χ0n) is 13.0. The van der Waals surface area contributed by atoms with Crippen LogP contribution in [0.4, 0.5) is 15.8 Å². The van der Waals surface area contributed by atoms with Gasteiger partial charge in [-0.1, -0.05) is 6.07 Å². The Hall–Kier alpha value is -2.10. The van der Waals surface area contributed by atoms with Crippen LogP contribution in [0, 0.1) is 5.82 Å². The van der Waals surface area contributed by atoms with Crippen LogP contribution >= 0.6 is 0 Å². The predicted octanol–water partition coefficient (Wildman–Crippen LogP) is 4.24. The smallest absolute Gasteiger partial charge is 0.148 e. The van der Waals surface area contributed by atoms with Crippen LogP contribution in [0.2, 0.25) is 0 Å². The molecule has 3 nitrogen and oxygen atoms in total. The van der Waals surface area contributed by atoms with Gasteiger partial charge in [-0.3, -0.25) is 4.98 Å². The lowest BCUT2D eigenvalue weighted by atomic mass is 10.1. The van der Waals surface area contributed by atoms with Crippen LogP contribution in [0.1, 0.15) is 32.4 Å². The number of anilines is 2. The first kappa shape index (κ1) is 15.3. The number of halogens is 1. The second-order valence-electron chi connectivity index (χ2n) is 5.52. The van der Waals surface area contributed by atoms with Crippen molar-refractivity contribution in [2.75, 3.05) is 17.3 Å². The summed E-state index contributed by atoms with van der Waals surface area (Å²) in [5.41, 5.74) is 2.45.